The number of rotatable bonds is 3. The van der Waals surface area contributed by atoms with Gasteiger partial charge in [-0.25, -0.2) is 4.39 Å². The van der Waals surface area contributed by atoms with E-state index < -0.39 is 0 Å². The number of hydrogen-bond donors (Lipinski definition) is 1. The van der Waals surface area contributed by atoms with E-state index in [-0.39, 0.29) is 5.82 Å². The Morgan fingerprint density at radius 3 is 2.94 bits per heavy atom. The molecule has 1 aromatic carbocycles. The molecule has 16 heavy (non-hydrogen) atoms. The Kier molecular flexibility index (Phi) is 3.91. The van der Waals surface area contributed by atoms with Gasteiger partial charge in [0, 0.05) is 24.7 Å². The van der Waals surface area contributed by atoms with Crippen LogP contribution in [-0.2, 0) is 6.54 Å². The normalized spacial score (nSPS) is 21.3. The van der Waals surface area contributed by atoms with E-state index in [1.54, 1.807) is 6.07 Å². The van der Waals surface area contributed by atoms with Crippen LogP contribution < -0.4 is 5.32 Å². The van der Waals surface area contributed by atoms with Crippen LogP contribution in [-0.4, -0.2) is 31.1 Å². The first-order valence-corrected chi connectivity index (χ1v) is 5.92. The summed E-state index contributed by atoms with van der Waals surface area (Å²) in [5.41, 5.74) is 0.788. The zero-order valence-corrected chi connectivity index (χ0v) is 9.75. The zero-order chi connectivity index (χ0) is 11.4. The molecule has 1 fully saturated rings. The molecule has 3 heteroatoms. The Labute approximate surface area is 96.5 Å². The first-order chi connectivity index (χ1) is 7.77. The maximum absolute atomic E-state index is 13.5. The number of likely N-dealkylation sites (N-methyl/N-ethyl adjacent to an activating group) is 1. The van der Waals surface area contributed by atoms with Gasteiger partial charge in [0.15, 0.2) is 0 Å². The average molecular weight is 222 g/mol. The third-order valence-corrected chi connectivity index (χ3v) is 3.27. The van der Waals surface area contributed by atoms with Crippen LogP contribution in [0.3, 0.4) is 0 Å². The third kappa shape index (κ3) is 2.80. The first-order valence-electron chi connectivity index (χ1n) is 5.92. The molecule has 1 saturated heterocycles. The Balaban J connectivity index is 1.96. The molecule has 0 saturated carbocycles. The van der Waals surface area contributed by atoms with Crippen LogP contribution in [0.15, 0.2) is 24.3 Å². The van der Waals surface area contributed by atoms with E-state index in [1.165, 1.54) is 18.9 Å². The number of halogens is 1. The highest BCUT2D eigenvalue weighted by molar-refractivity contribution is 5.17. The van der Waals surface area contributed by atoms with Gasteiger partial charge in [0.2, 0.25) is 0 Å². The molecule has 1 aromatic rings. The van der Waals surface area contributed by atoms with E-state index in [4.69, 9.17) is 0 Å². The quantitative estimate of drug-likeness (QED) is 0.841. The molecule has 1 heterocycles. The monoisotopic (exact) mass is 222 g/mol. The second-order valence-corrected chi connectivity index (χ2v) is 4.51. The number of hydrogen-bond acceptors (Lipinski definition) is 2. The molecule has 0 aliphatic carbocycles. The highest BCUT2D eigenvalue weighted by Gasteiger charge is 2.18. The van der Waals surface area contributed by atoms with Gasteiger partial charge in [-0.05, 0) is 32.5 Å². The second kappa shape index (κ2) is 5.41. The molecule has 0 bridgehead atoms. The van der Waals surface area contributed by atoms with Gasteiger partial charge in [-0.15, -0.1) is 0 Å². The standard InChI is InChI=1S/C13H19FN2/c1-16(12-6-4-8-15-9-12)10-11-5-2-3-7-13(11)14/h2-3,5,7,12,15H,4,6,8-10H2,1H3. The lowest BCUT2D eigenvalue weighted by Gasteiger charge is -2.31. The van der Waals surface area contributed by atoms with Crippen LogP contribution in [0.1, 0.15) is 18.4 Å². The minimum atomic E-state index is -0.0990. The van der Waals surface area contributed by atoms with Crippen molar-refractivity contribution >= 4 is 0 Å². The van der Waals surface area contributed by atoms with E-state index in [2.05, 4.69) is 17.3 Å². The Morgan fingerprint density at radius 2 is 2.25 bits per heavy atom. The molecular formula is C13H19FN2. The summed E-state index contributed by atoms with van der Waals surface area (Å²) < 4.78 is 13.5. The van der Waals surface area contributed by atoms with Crippen LogP contribution >= 0.6 is 0 Å². The van der Waals surface area contributed by atoms with E-state index in [0.29, 0.717) is 12.6 Å². The van der Waals surface area contributed by atoms with E-state index >= 15 is 0 Å². The number of nitrogens with one attached hydrogen (secondary N) is 1. The number of benzene rings is 1. The van der Waals surface area contributed by atoms with Gasteiger partial charge in [0.1, 0.15) is 5.82 Å². The smallest absolute Gasteiger partial charge is 0.127 e. The zero-order valence-electron chi connectivity index (χ0n) is 9.75. The summed E-state index contributed by atoms with van der Waals surface area (Å²) in [4.78, 5) is 2.24. The summed E-state index contributed by atoms with van der Waals surface area (Å²) in [6.07, 6.45) is 2.42. The molecule has 1 atom stereocenters. The highest BCUT2D eigenvalue weighted by atomic mass is 19.1. The fourth-order valence-electron chi connectivity index (χ4n) is 2.23. The van der Waals surface area contributed by atoms with Crippen LogP contribution in [0.2, 0.25) is 0 Å². The van der Waals surface area contributed by atoms with Crippen molar-refractivity contribution < 1.29 is 4.39 Å². The molecule has 88 valence electrons. The molecule has 0 aromatic heterocycles. The molecule has 1 unspecified atom stereocenters. The Morgan fingerprint density at radius 1 is 1.44 bits per heavy atom. The third-order valence-electron chi connectivity index (χ3n) is 3.27. The molecule has 0 radical (unpaired) electrons. The lowest BCUT2D eigenvalue weighted by atomic mass is 10.1. The summed E-state index contributed by atoms with van der Waals surface area (Å²) in [6.45, 7) is 2.83. The second-order valence-electron chi connectivity index (χ2n) is 4.51. The van der Waals surface area contributed by atoms with Gasteiger partial charge >= 0.3 is 0 Å². The van der Waals surface area contributed by atoms with E-state index in [1.807, 2.05) is 12.1 Å². The maximum atomic E-state index is 13.5. The minimum absolute atomic E-state index is 0.0990. The molecule has 1 aliphatic rings. The van der Waals surface area contributed by atoms with Gasteiger partial charge in [0.25, 0.3) is 0 Å². The number of piperidine rings is 1. The minimum Gasteiger partial charge on any atom is -0.315 e. The van der Waals surface area contributed by atoms with Crippen LogP contribution in [0, 0.1) is 5.82 Å². The predicted molar refractivity (Wildman–Crippen MR) is 63.8 cm³/mol. The van der Waals surface area contributed by atoms with Crippen molar-refractivity contribution in [3.05, 3.63) is 35.6 Å². The molecule has 1 aliphatic heterocycles. The largest absolute Gasteiger partial charge is 0.315 e. The molecule has 1 N–H and O–H groups in total. The molecule has 2 nitrogen and oxygen atoms in total. The van der Waals surface area contributed by atoms with Crippen LogP contribution in [0.25, 0.3) is 0 Å². The van der Waals surface area contributed by atoms with Gasteiger partial charge in [0.05, 0.1) is 0 Å². The number of nitrogens with zero attached hydrogens (tertiary/aromatic N) is 1. The SMILES string of the molecule is CN(Cc1ccccc1F)C1CCCNC1. The van der Waals surface area contributed by atoms with Crippen molar-refractivity contribution in [1.82, 2.24) is 10.2 Å². The molecule has 0 spiro atoms. The Hall–Kier alpha value is -0.930. The van der Waals surface area contributed by atoms with Gasteiger partial charge in [-0.3, -0.25) is 4.90 Å². The topological polar surface area (TPSA) is 15.3 Å². The summed E-state index contributed by atoms with van der Waals surface area (Å²) >= 11 is 0. The van der Waals surface area contributed by atoms with Crippen molar-refractivity contribution in [2.45, 2.75) is 25.4 Å². The lowest BCUT2D eigenvalue weighted by Crippen LogP contribution is -2.43. The summed E-state index contributed by atoms with van der Waals surface area (Å²) in [5.74, 6) is -0.0990. The summed E-state index contributed by atoms with van der Waals surface area (Å²) in [7, 11) is 2.07. The summed E-state index contributed by atoms with van der Waals surface area (Å²) in [6, 6.07) is 7.56. The fraction of sp³-hybridized carbons (Fsp3) is 0.538. The van der Waals surface area contributed by atoms with Gasteiger partial charge in [-0.2, -0.15) is 0 Å². The van der Waals surface area contributed by atoms with E-state index in [9.17, 15) is 4.39 Å². The van der Waals surface area contributed by atoms with Crippen molar-refractivity contribution in [1.29, 1.82) is 0 Å². The van der Waals surface area contributed by atoms with Gasteiger partial charge in [-0.1, -0.05) is 18.2 Å². The predicted octanol–water partition coefficient (Wildman–Crippen LogP) is 2.01. The van der Waals surface area contributed by atoms with Crippen molar-refractivity contribution in [2.24, 2.45) is 0 Å². The maximum Gasteiger partial charge on any atom is 0.127 e. The van der Waals surface area contributed by atoms with Crippen molar-refractivity contribution in [3.8, 4) is 0 Å². The van der Waals surface area contributed by atoms with Crippen molar-refractivity contribution in [3.63, 3.8) is 0 Å². The first kappa shape index (κ1) is 11.6. The van der Waals surface area contributed by atoms with Crippen LogP contribution in [0.5, 0.6) is 0 Å². The molecular weight excluding hydrogens is 203 g/mol. The molecule has 0 amide bonds. The highest BCUT2D eigenvalue weighted by Crippen LogP contribution is 2.14. The average Bonchev–Trinajstić information content (AvgIpc) is 2.33. The van der Waals surface area contributed by atoms with Crippen LogP contribution in [0.4, 0.5) is 4.39 Å². The van der Waals surface area contributed by atoms with Gasteiger partial charge < -0.3 is 5.32 Å². The van der Waals surface area contributed by atoms with Crippen molar-refractivity contribution in [2.75, 3.05) is 20.1 Å². The van der Waals surface area contributed by atoms with E-state index in [0.717, 1.165) is 18.7 Å². The molecule has 2 rings (SSSR count). The Bertz CT molecular complexity index is 334. The lowest BCUT2D eigenvalue weighted by molar-refractivity contribution is 0.194. The fourth-order valence-corrected chi connectivity index (χ4v) is 2.23. The summed E-state index contributed by atoms with van der Waals surface area (Å²) in [5, 5.41) is 3.38.